The second-order valence-corrected chi connectivity index (χ2v) is 12.6. The summed E-state index contributed by atoms with van der Waals surface area (Å²) in [5.74, 6) is 1.43. The van der Waals surface area contributed by atoms with E-state index in [9.17, 15) is 4.79 Å². The maximum atomic E-state index is 14.2. The standard InChI is InChI=1S/C30H36N2O2/c1-27(2)19-32(14-13-24(27)31)26(33)29-16-23-25(34-17-20-9-5-3-6-10-20)22-15-28(18-29,30(22,23)29)21-11-7-4-8-12-21/h3-12,22-25H,13-19,31H2,1-2H3/t22?,23?,24-,25+,28?,29?,30?/m0/s1. The number of hydrogen-bond donors (Lipinski definition) is 1. The van der Waals surface area contributed by atoms with Crippen LogP contribution in [-0.4, -0.2) is 36.0 Å². The highest BCUT2D eigenvalue weighted by molar-refractivity contribution is 5.90. The highest BCUT2D eigenvalue weighted by Crippen LogP contribution is 2.97. The van der Waals surface area contributed by atoms with E-state index in [0.717, 1.165) is 32.4 Å². The highest BCUT2D eigenvalue weighted by Gasteiger charge is 2.98. The molecule has 7 atom stereocenters. The van der Waals surface area contributed by atoms with Gasteiger partial charge < -0.3 is 15.4 Å². The zero-order chi connectivity index (χ0) is 23.3. The summed E-state index contributed by atoms with van der Waals surface area (Å²) in [6.07, 6.45) is 4.38. The summed E-state index contributed by atoms with van der Waals surface area (Å²) in [5, 5.41) is 0. The Bertz CT molecular complexity index is 1130. The van der Waals surface area contributed by atoms with Crippen LogP contribution in [0.4, 0.5) is 0 Å². The van der Waals surface area contributed by atoms with Crippen molar-refractivity contribution in [3.8, 4) is 0 Å². The molecule has 1 spiro atoms. The lowest BCUT2D eigenvalue weighted by Gasteiger charge is -2.96. The predicted molar refractivity (Wildman–Crippen MR) is 132 cm³/mol. The Kier molecular flexibility index (Phi) is 4.19. The van der Waals surface area contributed by atoms with Crippen molar-refractivity contribution in [2.75, 3.05) is 13.1 Å². The summed E-state index contributed by atoms with van der Waals surface area (Å²) < 4.78 is 6.55. The minimum Gasteiger partial charge on any atom is -0.373 e. The number of amides is 1. The quantitative estimate of drug-likeness (QED) is 0.719. The van der Waals surface area contributed by atoms with Gasteiger partial charge in [-0.05, 0) is 54.1 Å². The summed E-state index contributed by atoms with van der Waals surface area (Å²) >= 11 is 0. The predicted octanol–water partition coefficient (Wildman–Crippen LogP) is 4.53. The van der Waals surface area contributed by atoms with Crippen molar-refractivity contribution >= 4 is 5.91 Å². The molecular formula is C30H36N2O2. The van der Waals surface area contributed by atoms with E-state index in [-0.39, 0.29) is 27.7 Å². The molecule has 0 bridgehead atoms. The molecule has 1 saturated heterocycles. The van der Waals surface area contributed by atoms with Crippen LogP contribution in [0.3, 0.4) is 0 Å². The van der Waals surface area contributed by atoms with Gasteiger partial charge in [0.2, 0.25) is 5.91 Å². The third-order valence-corrected chi connectivity index (χ3v) is 10.9. The van der Waals surface area contributed by atoms with Gasteiger partial charge in [0, 0.05) is 30.0 Å². The summed E-state index contributed by atoms with van der Waals surface area (Å²) in [4.78, 5) is 16.4. The molecule has 4 heteroatoms. The number of benzene rings is 2. The maximum absolute atomic E-state index is 14.2. The molecule has 0 aromatic heterocycles. The lowest BCUT2D eigenvalue weighted by atomic mass is 9.07. The van der Waals surface area contributed by atoms with Crippen LogP contribution in [0.1, 0.15) is 50.7 Å². The maximum Gasteiger partial charge on any atom is 0.229 e. The number of likely N-dealkylation sites (tertiary alicyclic amines) is 1. The normalized spacial score (nSPS) is 42.7. The molecule has 1 amide bonds. The Hall–Kier alpha value is -2.17. The smallest absolute Gasteiger partial charge is 0.229 e. The molecule has 34 heavy (non-hydrogen) atoms. The Morgan fingerprint density at radius 1 is 1.03 bits per heavy atom. The van der Waals surface area contributed by atoms with Gasteiger partial charge in [-0.15, -0.1) is 0 Å². The second-order valence-electron chi connectivity index (χ2n) is 12.6. The van der Waals surface area contributed by atoms with Crippen LogP contribution >= 0.6 is 0 Å². The van der Waals surface area contributed by atoms with Crippen molar-refractivity contribution in [3.05, 3.63) is 71.8 Å². The van der Waals surface area contributed by atoms with Crippen molar-refractivity contribution in [1.82, 2.24) is 4.90 Å². The Morgan fingerprint density at radius 2 is 1.71 bits per heavy atom. The molecule has 1 aliphatic heterocycles. The largest absolute Gasteiger partial charge is 0.373 e. The first-order valence-corrected chi connectivity index (χ1v) is 13.1. The van der Waals surface area contributed by atoms with E-state index in [0.29, 0.717) is 30.5 Å². The Labute approximate surface area is 202 Å². The molecule has 2 aromatic carbocycles. The summed E-state index contributed by atoms with van der Waals surface area (Å²) in [6, 6.07) is 21.7. The van der Waals surface area contributed by atoms with Crippen LogP contribution in [0.5, 0.6) is 0 Å². The molecular weight excluding hydrogens is 420 g/mol. The third-order valence-electron chi connectivity index (χ3n) is 10.9. The van der Waals surface area contributed by atoms with Gasteiger partial charge >= 0.3 is 0 Å². The minimum absolute atomic E-state index is 0.0222. The van der Waals surface area contributed by atoms with Gasteiger partial charge in [0.15, 0.2) is 0 Å². The molecule has 4 saturated carbocycles. The third kappa shape index (κ3) is 2.26. The van der Waals surface area contributed by atoms with E-state index in [1.54, 1.807) is 0 Å². The molecule has 4 nitrogen and oxygen atoms in total. The first kappa shape index (κ1) is 21.1. The Balaban J connectivity index is 1.17. The number of rotatable bonds is 5. The van der Waals surface area contributed by atoms with Crippen LogP contribution < -0.4 is 5.73 Å². The molecule has 2 N–H and O–H groups in total. The van der Waals surface area contributed by atoms with E-state index in [1.807, 2.05) is 0 Å². The van der Waals surface area contributed by atoms with Gasteiger partial charge in [-0.3, -0.25) is 4.79 Å². The van der Waals surface area contributed by atoms with Crippen molar-refractivity contribution in [3.63, 3.8) is 0 Å². The zero-order valence-corrected chi connectivity index (χ0v) is 20.4. The lowest BCUT2D eigenvalue weighted by molar-refractivity contribution is -0.472. The van der Waals surface area contributed by atoms with Crippen molar-refractivity contribution in [2.45, 2.75) is 63.7 Å². The van der Waals surface area contributed by atoms with Gasteiger partial charge in [-0.1, -0.05) is 74.5 Å². The number of carbonyl (C=O) groups excluding carboxylic acids is 1. The number of nitrogens with two attached hydrogens (primary N) is 1. The molecule has 1 heterocycles. The number of hydrogen-bond acceptors (Lipinski definition) is 3. The molecule has 2 aromatic rings. The summed E-state index contributed by atoms with van der Waals surface area (Å²) in [5.41, 5.74) is 9.17. The minimum atomic E-state index is -0.180. The van der Waals surface area contributed by atoms with Crippen molar-refractivity contribution in [1.29, 1.82) is 0 Å². The van der Waals surface area contributed by atoms with E-state index in [1.165, 1.54) is 17.5 Å². The van der Waals surface area contributed by atoms with Gasteiger partial charge in [0.25, 0.3) is 0 Å². The molecule has 0 radical (unpaired) electrons. The fourth-order valence-corrected chi connectivity index (χ4v) is 9.46. The molecule has 5 fully saturated rings. The van der Waals surface area contributed by atoms with Crippen LogP contribution in [-0.2, 0) is 21.6 Å². The fraction of sp³-hybridized carbons (Fsp3) is 0.567. The average Bonchev–Trinajstić information content (AvgIpc) is 2.80. The molecule has 5 aliphatic rings. The van der Waals surface area contributed by atoms with Crippen LogP contribution in [0, 0.1) is 28.1 Å². The van der Waals surface area contributed by atoms with Gasteiger partial charge in [-0.25, -0.2) is 0 Å². The summed E-state index contributed by atoms with van der Waals surface area (Å²) in [7, 11) is 0. The van der Waals surface area contributed by atoms with Gasteiger partial charge in [-0.2, -0.15) is 0 Å². The number of ether oxygens (including phenoxy) is 1. The lowest BCUT2D eigenvalue weighted by Crippen LogP contribution is -2.98. The molecule has 5 unspecified atom stereocenters. The van der Waals surface area contributed by atoms with E-state index in [4.69, 9.17) is 10.5 Å². The fourth-order valence-electron chi connectivity index (χ4n) is 9.46. The van der Waals surface area contributed by atoms with Gasteiger partial charge in [0.1, 0.15) is 0 Å². The number of nitrogens with zero attached hydrogens (tertiary/aromatic N) is 1. The average molecular weight is 457 g/mol. The molecule has 178 valence electrons. The summed E-state index contributed by atoms with van der Waals surface area (Å²) in [6.45, 7) is 6.70. The van der Waals surface area contributed by atoms with E-state index < -0.39 is 0 Å². The van der Waals surface area contributed by atoms with Crippen LogP contribution in [0.2, 0.25) is 0 Å². The SMILES string of the molecule is CC1(C)CN(C(=O)C23CC4[C@H](OCc5ccccc5)C5CC(c6ccccc6)(C2)C453)CC[C@@H]1N. The van der Waals surface area contributed by atoms with Crippen molar-refractivity contribution in [2.24, 2.45) is 33.8 Å². The van der Waals surface area contributed by atoms with Crippen molar-refractivity contribution < 1.29 is 9.53 Å². The Morgan fingerprint density at radius 3 is 2.38 bits per heavy atom. The van der Waals surface area contributed by atoms with Crippen LogP contribution in [0.15, 0.2) is 60.7 Å². The van der Waals surface area contributed by atoms with Gasteiger partial charge in [0.05, 0.1) is 18.1 Å². The van der Waals surface area contributed by atoms with Crippen LogP contribution in [0.25, 0.3) is 0 Å². The second kappa shape index (κ2) is 6.73. The van der Waals surface area contributed by atoms with E-state index in [2.05, 4.69) is 79.4 Å². The zero-order valence-electron chi connectivity index (χ0n) is 20.4. The number of piperidine rings is 1. The molecule has 7 rings (SSSR count). The monoisotopic (exact) mass is 456 g/mol. The first-order valence-electron chi connectivity index (χ1n) is 13.1. The highest BCUT2D eigenvalue weighted by atomic mass is 16.5. The topological polar surface area (TPSA) is 55.6 Å². The van der Waals surface area contributed by atoms with E-state index >= 15 is 0 Å². The first-order chi connectivity index (χ1) is 16.4. The molecule has 4 aliphatic carbocycles. The number of carbonyl (C=O) groups is 1.